The van der Waals surface area contributed by atoms with E-state index in [1.165, 1.54) is 0 Å². The molecule has 1 heterocycles. The number of carbonyl (C=O) groups is 1. The Labute approximate surface area is 126 Å². The minimum Gasteiger partial charge on any atom is -0.497 e. The molecule has 0 amide bonds. The van der Waals surface area contributed by atoms with E-state index >= 15 is 0 Å². The van der Waals surface area contributed by atoms with Crippen molar-refractivity contribution in [2.75, 3.05) is 7.11 Å². The Morgan fingerprint density at radius 3 is 2.67 bits per heavy atom. The molecule has 0 saturated carbocycles. The van der Waals surface area contributed by atoms with E-state index in [4.69, 9.17) is 16.3 Å². The lowest BCUT2D eigenvalue weighted by Crippen LogP contribution is -2.04. The van der Waals surface area contributed by atoms with Crippen molar-refractivity contribution in [3.63, 3.8) is 0 Å². The number of aromatic nitrogens is 2. The van der Waals surface area contributed by atoms with Crippen molar-refractivity contribution in [1.29, 1.82) is 0 Å². The fourth-order valence-corrected chi connectivity index (χ4v) is 2.46. The maximum Gasteiger partial charge on any atom is 0.185 e. The van der Waals surface area contributed by atoms with E-state index < -0.39 is 0 Å². The molecular weight excluding hydrogens is 288 g/mol. The summed E-state index contributed by atoms with van der Waals surface area (Å²) in [5, 5.41) is 0.606. The van der Waals surface area contributed by atoms with E-state index in [9.17, 15) is 4.79 Å². The fourth-order valence-electron chi connectivity index (χ4n) is 2.29. The second-order valence-electron chi connectivity index (χ2n) is 4.66. The number of nitrogens with zero attached hydrogens (tertiary/aromatic N) is 2. The van der Waals surface area contributed by atoms with E-state index in [0.717, 1.165) is 28.6 Å². The number of benzene rings is 2. The molecule has 0 aliphatic heterocycles. The highest BCUT2D eigenvalue weighted by molar-refractivity contribution is 6.31. The molecule has 21 heavy (non-hydrogen) atoms. The molecule has 0 unspecified atom stereocenters. The van der Waals surface area contributed by atoms with Crippen LogP contribution in [0.1, 0.15) is 16.2 Å². The smallest absolute Gasteiger partial charge is 0.185 e. The average molecular weight is 301 g/mol. The van der Waals surface area contributed by atoms with Gasteiger partial charge in [0.25, 0.3) is 0 Å². The summed E-state index contributed by atoms with van der Waals surface area (Å²) in [6.07, 6.45) is 0.761. The molecular formula is C16H13ClN2O2. The molecule has 3 rings (SSSR count). The van der Waals surface area contributed by atoms with Gasteiger partial charge in [-0.25, -0.2) is 4.98 Å². The van der Waals surface area contributed by atoms with Crippen molar-refractivity contribution in [3.8, 4) is 5.75 Å². The Hall–Kier alpha value is -2.33. The third kappa shape index (κ3) is 2.62. The van der Waals surface area contributed by atoms with Crippen LogP contribution in [0.25, 0.3) is 11.0 Å². The van der Waals surface area contributed by atoms with Crippen molar-refractivity contribution >= 4 is 28.9 Å². The molecule has 4 nitrogen and oxygen atoms in total. The first-order valence-electron chi connectivity index (χ1n) is 6.45. The van der Waals surface area contributed by atoms with Crippen LogP contribution in [0, 0.1) is 0 Å². The van der Waals surface area contributed by atoms with Gasteiger partial charge < -0.3 is 9.30 Å². The molecule has 106 valence electrons. The van der Waals surface area contributed by atoms with Crippen molar-refractivity contribution in [1.82, 2.24) is 9.55 Å². The highest BCUT2D eigenvalue weighted by atomic mass is 35.5. The Kier molecular flexibility index (Phi) is 3.62. The third-order valence-electron chi connectivity index (χ3n) is 3.34. The standard InChI is InChI=1S/C16H13ClN2O2/c1-21-13-5-2-11(3-6-13)9-19-15-7-4-12(17)8-14(15)18-16(19)10-20/h2-8,10H,9H2,1H3. The monoisotopic (exact) mass is 300 g/mol. The first kappa shape index (κ1) is 13.6. The maximum absolute atomic E-state index is 11.2. The normalized spacial score (nSPS) is 10.8. The summed E-state index contributed by atoms with van der Waals surface area (Å²) in [7, 11) is 1.63. The number of aldehydes is 1. The number of fused-ring (bicyclic) bond motifs is 1. The lowest BCUT2D eigenvalue weighted by atomic mass is 10.2. The van der Waals surface area contributed by atoms with E-state index in [2.05, 4.69) is 4.98 Å². The Morgan fingerprint density at radius 1 is 1.24 bits per heavy atom. The number of methoxy groups -OCH3 is 1. The molecule has 0 spiro atoms. The number of carbonyl (C=O) groups excluding carboxylic acids is 1. The Bertz CT molecular complexity index is 794. The lowest BCUT2D eigenvalue weighted by molar-refractivity contribution is 0.111. The quantitative estimate of drug-likeness (QED) is 0.692. The molecule has 0 bridgehead atoms. The Balaban J connectivity index is 2.03. The second kappa shape index (κ2) is 5.58. The number of rotatable bonds is 4. The van der Waals surface area contributed by atoms with Crippen LogP contribution in [0.3, 0.4) is 0 Å². The molecule has 0 saturated heterocycles. The summed E-state index contributed by atoms with van der Waals surface area (Å²) < 4.78 is 7.02. The number of hydrogen-bond acceptors (Lipinski definition) is 3. The van der Waals surface area contributed by atoms with Crippen LogP contribution >= 0.6 is 11.6 Å². The molecule has 0 atom stereocenters. The van der Waals surface area contributed by atoms with Crippen molar-refractivity contribution in [2.45, 2.75) is 6.54 Å². The van der Waals surface area contributed by atoms with E-state index in [-0.39, 0.29) is 0 Å². The van der Waals surface area contributed by atoms with Gasteiger partial charge in [0.1, 0.15) is 5.75 Å². The third-order valence-corrected chi connectivity index (χ3v) is 3.58. The van der Waals surface area contributed by atoms with Crippen molar-refractivity contribution in [3.05, 3.63) is 58.9 Å². The van der Waals surface area contributed by atoms with Gasteiger partial charge in [-0.3, -0.25) is 4.79 Å². The SMILES string of the molecule is COc1ccc(Cn2c(C=O)nc3cc(Cl)ccc32)cc1. The zero-order chi connectivity index (χ0) is 14.8. The zero-order valence-electron chi connectivity index (χ0n) is 11.4. The maximum atomic E-state index is 11.2. The van der Waals surface area contributed by atoms with Gasteiger partial charge in [0, 0.05) is 11.6 Å². The van der Waals surface area contributed by atoms with Gasteiger partial charge in [-0.05, 0) is 35.9 Å². The van der Waals surface area contributed by atoms with Crippen LogP contribution < -0.4 is 4.74 Å². The second-order valence-corrected chi connectivity index (χ2v) is 5.09. The number of halogens is 1. The summed E-state index contributed by atoms with van der Waals surface area (Å²) in [4.78, 5) is 15.5. The predicted octanol–water partition coefficient (Wildman–Crippen LogP) is 3.56. The van der Waals surface area contributed by atoms with E-state index in [1.54, 1.807) is 19.2 Å². The molecule has 5 heteroatoms. The molecule has 1 aromatic heterocycles. The Morgan fingerprint density at radius 2 is 2.00 bits per heavy atom. The van der Waals surface area contributed by atoms with Gasteiger partial charge in [0.2, 0.25) is 0 Å². The lowest BCUT2D eigenvalue weighted by Gasteiger charge is -2.07. The first-order valence-corrected chi connectivity index (χ1v) is 6.83. The molecule has 3 aromatic rings. The number of hydrogen-bond donors (Lipinski definition) is 0. The molecule has 2 aromatic carbocycles. The van der Waals surface area contributed by atoms with Gasteiger partial charge in [-0.2, -0.15) is 0 Å². The van der Waals surface area contributed by atoms with Crippen molar-refractivity contribution in [2.24, 2.45) is 0 Å². The minimum atomic E-state index is 0.392. The zero-order valence-corrected chi connectivity index (χ0v) is 12.2. The van der Waals surface area contributed by atoms with Gasteiger partial charge in [-0.15, -0.1) is 0 Å². The van der Waals surface area contributed by atoms with E-state index in [1.807, 2.05) is 34.9 Å². The van der Waals surface area contributed by atoms with E-state index in [0.29, 0.717) is 17.4 Å². The summed E-state index contributed by atoms with van der Waals surface area (Å²) in [5.74, 6) is 1.19. The van der Waals surface area contributed by atoms with Crippen LogP contribution in [0.2, 0.25) is 5.02 Å². The summed E-state index contributed by atoms with van der Waals surface area (Å²) in [6, 6.07) is 13.2. The summed E-state index contributed by atoms with van der Waals surface area (Å²) in [6.45, 7) is 0.566. The highest BCUT2D eigenvalue weighted by Crippen LogP contribution is 2.22. The average Bonchev–Trinajstić information content (AvgIpc) is 2.85. The molecule has 0 fully saturated rings. The molecule has 0 aliphatic carbocycles. The number of ether oxygens (including phenoxy) is 1. The fraction of sp³-hybridized carbons (Fsp3) is 0.125. The summed E-state index contributed by atoms with van der Waals surface area (Å²) >= 11 is 5.97. The van der Waals surface area contributed by atoms with Crippen LogP contribution in [0.4, 0.5) is 0 Å². The van der Waals surface area contributed by atoms with Crippen LogP contribution in [-0.2, 0) is 6.54 Å². The topological polar surface area (TPSA) is 44.1 Å². The predicted molar refractivity (Wildman–Crippen MR) is 82.2 cm³/mol. The minimum absolute atomic E-state index is 0.392. The largest absolute Gasteiger partial charge is 0.497 e. The van der Waals surface area contributed by atoms with Crippen LogP contribution in [0.5, 0.6) is 5.75 Å². The molecule has 0 radical (unpaired) electrons. The van der Waals surface area contributed by atoms with Gasteiger partial charge in [-0.1, -0.05) is 23.7 Å². The van der Waals surface area contributed by atoms with Gasteiger partial charge in [0.05, 0.1) is 18.1 Å². The van der Waals surface area contributed by atoms with Crippen LogP contribution in [-0.4, -0.2) is 22.9 Å². The highest BCUT2D eigenvalue weighted by Gasteiger charge is 2.11. The van der Waals surface area contributed by atoms with Gasteiger partial charge >= 0.3 is 0 Å². The number of imidazole rings is 1. The molecule has 0 aliphatic rings. The molecule has 0 N–H and O–H groups in total. The van der Waals surface area contributed by atoms with Gasteiger partial charge in [0.15, 0.2) is 12.1 Å². The van der Waals surface area contributed by atoms with Crippen LogP contribution in [0.15, 0.2) is 42.5 Å². The van der Waals surface area contributed by atoms with Crippen molar-refractivity contribution < 1.29 is 9.53 Å². The first-order chi connectivity index (χ1) is 10.2. The summed E-state index contributed by atoms with van der Waals surface area (Å²) in [5.41, 5.74) is 2.67.